The second-order valence-electron chi connectivity index (χ2n) is 5.83. The van der Waals surface area contributed by atoms with Gasteiger partial charge in [-0.15, -0.1) is 0 Å². The maximum atomic E-state index is 12.2. The Kier molecular flexibility index (Phi) is 4.97. The average Bonchev–Trinajstić information content (AvgIpc) is 3.41. The predicted molar refractivity (Wildman–Crippen MR) is 104 cm³/mol. The third-order valence-electron chi connectivity index (χ3n) is 3.81. The first kappa shape index (κ1) is 17.3. The number of para-hydroxylation sites is 1. The van der Waals surface area contributed by atoms with Gasteiger partial charge >= 0.3 is 0 Å². The molecule has 0 bridgehead atoms. The van der Waals surface area contributed by atoms with Crippen LogP contribution >= 0.6 is 0 Å². The summed E-state index contributed by atoms with van der Waals surface area (Å²) in [4.78, 5) is 12.2. The number of ether oxygens (including phenoxy) is 1. The lowest BCUT2D eigenvalue weighted by Gasteiger charge is -2.05. The number of aromatic nitrogens is 2. The molecule has 0 atom stereocenters. The highest BCUT2D eigenvalue weighted by Crippen LogP contribution is 2.21. The smallest absolute Gasteiger partial charge is 0.291 e. The lowest BCUT2D eigenvalue weighted by atomic mass is 10.2. The van der Waals surface area contributed by atoms with E-state index in [1.165, 1.54) is 6.21 Å². The zero-order valence-corrected chi connectivity index (χ0v) is 14.7. The second kappa shape index (κ2) is 8.05. The zero-order chi connectivity index (χ0) is 19.2. The molecule has 0 fully saturated rings. The van der Waals surface area contributed by atoms with Crippen molar-refractivity contribution in [3.63, 3.8) is 0 Å². The molecule has 7 nitrogen and oxygen atoms in total. The monoisotopic (exact) mass is 372 g/mol. The van der Waals surface area contributed by atoms with Gasteiger partial charge in [-0.3, -0.25) is 9.89 Å². The van der Waals surface area contributed by atoms with Crippen LogP contribution in [0.3, 0.4) is 0 Å². The Bertz CT molecular complexity index is 1090. The summed E-state index contributed by atoms with van der Waals surface area (Å²) in [5.41, 5.74) is 4.06. The number of furan rings is 1. The number of benzene rings is 2. The van der Waals surface area contributed by atoms with Gasteiger partial charge in [0.15, 0.2) is 11.5 Å². The summed E-state index contributed by atoms with van der Waals surface area (Å²) in [6.07, 6.45) is 3.09. The molecule has 0 radical (unpaired) electrons. The number of nitrogens with one attached hydrogen (secondary N) is 2. The molecule has 138 valence electrons. The molecule has 0 aliphatic heterocycles. The average molecular weight is 372 g/mol. The first-order valence-electron chi connectivity index (χ1n) is 8.53. The molecule has 0 unspecified atom stereocenters. The maximum Gasteiger partial charge on any atom is 0.291 e. The van der Waals surface area contributed by atoms with E-state index in [2.05, 4.69) is 20.7 Å². The van der Waals surface area contributed by atoms with E-state index in [9.17, 15) is 4.79 Å². The van der Waals surface area contributed by atoms with E-state index in [4.69, 9.17) is 9.15 Å². The summed E-state index contributed by atoms with van der Waals surface area (Å²) in [5, 5.41) is 10.7. The van der Waals surface area contributed by atoms with Gasteiger partial charge in [-0.1, -0.05) is 30.3 Å². The zero-order valence-electron chi connectivity index (χ0n) is 14.7. The SMILES string of the molecule is O=C(NN=Cc1cccc(Oc2ccccc2)c1)c1cc(-c2ccco2)[nH]n1. The highest BCUT2D eigenvalue weighted by atomic mass is 16.5. The number of carbonyl (C=O) groups is 1. The largest absolute Gasteiger partial charge is 0.463 e. The van der Waals surface area contributed by atoms with Gasteiger partial charge < -0.3 is 9.15 Å². The number of hydrazone groups is 1. The van der Waals surface area contributed by atoms with E-state index >= 15 is 0 Å². The van der Waals surface area contributed by atoms with E-state index in [-0.39, 0.29) is 5.69 Å². The van der Waals surface area contributed by atoms with Crippen LogP contribution in [0, 0.1) is 0 Å². The van der Waals surface area contributed by atoms with Crippen LogP contribution in [-0.2, 0) is 0 Å². The molecule has 2 aromatic carbocycles. The van der Waals surface area contributed by atoms with Crippen LogP contribution in [0.1, 0.15) is 16.1 Å². The quantitative estimate of drug-likeness (QED) is 0.391. The van der Waals surface area contributed by atoms with E-state index in [0.717, 1.165) is 11.3 Å². The summed E-state index contributed by atoms with van der Waals surface area (Å²) in [7, 11) is 0. The molecular formula is C21H16N4O3. The summed E-state index contributed by atoms with van der Waals surface area (Å²) >= 11 is 0. The van der Waals surface area contributed by atoms with Crippen molar-refractivity contribution < 1.29 is 13.9 Å². The molecule has 0 saturated heterocycles. The third kappa shape index (κ3) is 4.16. The van der Waals surface area contributed by atoms with Crippen molar-refractivity contribution in [2.24, 2.45) is 5.10 Å². The summed E-state index contributed by atoms with van der Waals surface area (Å²) in [5.74, 6) is 1.60. The Morgan fingerprint density at radius 1 is 1.04 bits per heavy atom. The van der Waals surface area contributed by atoms with E-state index in [0.29, 0.717) is 17.2 Å². The highest BCUT2D eigenvalue weighted by Gasteiger charge is 2.11. The minimum absolute atomic E-state index is 0.213. The van der Waals surface area contributed by atoms with Crippen LogP contribution in [0.25, 0.3) is 11.5 Å². The summed E-state index contributed by atoms with van der Waals surface area (Å²) in [6.45, 7) is 0. The van der Waals surface area contributed by atoms with Crippen LogP contribution in [0.4, 0.5) is 0 Å². The molecule has 0 saturated carbocycles. The van der Waals surface area contributed by atoms with Crippen molar-refractivity contribution in [1.82, 2.24) is 15.6 Å². The Morgan fingerprint density at radius 3 is 2.71 bits per heavy atom. The number of nitrogens with zero attached hydrogens (tertiary/aromatic N) is 2. The minimum atomic E-state index is -0.429. The van der Waals surface area contributed by atoms with Crippen LogP contribution in [0.15, 0.2) is 88.6 Å². The van der Waals surface area contributed by atoms with Crippen LogP contribution in [0.5, 0.6) is 11.5 Å². The van der Waals surface area contributed by atoms with Crippen molar-refractivity contribution in [2.75, 3.05) is 0 Å². The van der Waals surface area contributed by atoms with Gasteiger partial charge in [0.05, 0.1) is 12.5 Å². The number of hydrogen-bond donors (Lipinski definition) is 2. The van der Waals surface area contributed by atoms with Crippen LogP contribution in [-0.4, -0.2) is 22.3 Å². The lowest BCUT2D eigenvalue weighted by molar-refractivity contribution is 0.0950. The second-order valence-corrected chi connectivity index (χ2v) is 5.83. The van der Waals surface area contributed by atoms with E-state index in [1.807, 2.05) is 54.6 Å². The molecule has 0 spiro atoms. The Balaban J connectivity index is 1.38. The molecule has 0 aliphatic rings. The number of H-pyrrole nitrogens is 1. The maximum absolute atomic E-state index is 12.2. The van der Waals surface area contributed by atoms with Gasteiger partial charge in [0, 0.05) is 6.07 Å². The van der Waals surface area contributed by atoms with Crippen molar-refractivity contribution >= 4 is 12.1 Å². The van der Waals surface area contributed by atoms with E-state index in [1.54, 1.807) is 24.5 Å². The number of carbonyl (C=O) groups excluding carboxylic acids is 1. The van der Waals surface area contributed by atoms with Gasteiger partial charge in [0.1, 0.15) is 17.2 Å². The number of amides is 1. The minimum Gasteiger partial charge on any atom is -0.463 e. The fraction of sp³-hybridized carbons (Fsp3) is 0. The molecule has 4 aromatic rings. The van der Waals surface area contributed by atoms with Crippen molar-refractivity contribution in [3.8, 4) is 23.0 Å². The van der Waals surface area contributed by atoms with Gasteiger partial charge in [-0.2, -0.15) is 10.2 Å². The molecule has 0 aliphatic carbocycles. The van der Waals surface area contributed by atoms with E-state index < -0.39 is 5.91 Å². The van der Waals surface area contributed by atoms with Crippen molar-refractivity contribution in [2.45, 2.75) is 0 Å². The number of rotatable bonds is 6. The predicted octanol–water partition coefficient (Wildman–Crippen LogP) is 4.23. The molecule has 2 heterocycles. The summed E-state index contributed by atoms with van der Waals surface area (Å²) in [6, 6.07) is 22.0. The molecule has 1 amide bonds. The standard InChI is InChI=1S/C21H16N4O3/c26-21(19-13-18(23-24-19)20-10-5-11-27-20)25-22-14-15-6-4-9-17(12-15)28-16-7-2-1-3-8-16/h1-14H,(H,23,24)(H,25,26). The number of hydrogen-bond acceptors (Lipinski definition) is 5. The van der Waals surface area contributed by atoms with Gasteiger partial charge in [-0.05, 0) is 42.0 Å². The van der Waals surface area contributed by atoms with Gasteiger partial charge in [-0.25, -0.2) is 5.43 Å². The van der Waals surface area contributed by atoms with Gasteiger partial charge in [0.2, 0.25) is 0 Å². The van der Waals surface area contributed by atoms with Gasteiger partial charge in [0.25, 0.3) is 5.91 Å². The normalized spacial score (nSPS) is 10.9. The Morgan fingerprint density at radius 2 is 1.89 bits per heavy atom. The first-order chi connectivity index (χ1) is 13.8. The van der Waals surface area contributed by atoms with Crippen LogP contribution in [0.2, 0.25) is 0 Å². The Labute approximate surface area is 160 Å². The molecule has 28 heavy (non-hydrogen) atoms. The topological polar surface area (TPSA) is 92.5 Å². The van der Waals surface area contributed by atoms with Crippen LogP contribution < -0.4 is 10.2 Å². The molecule has 2 aromatic heterocycles. The molecule has 2 N–H and O–H groups in total. The third-order valence-corrected chi connectivity index (χ3v) is 3.81. The lowest BCUT2D eigenvalue weighted by Crippen LogP contribution is -2.17. The highest BCUT2D eigenvalue weighted by molar-refractivity contribution is 5.94. The first-order valence-corrected chi connectivity index (χ1v) is 8.53. The fourth-order valence-electron chi connectivity index (χ4n) is 2.50. The molecule has 7 heteroatoms. The number of aromatic amines is 1. The molecule has 4 rings (SSSR count). The fourth-order valence-corrected chi connectivity index (χ4v) is 2.50. The molecular weight excluding hydrogens is 356 g/mol. The Hall–Kier alpha value is -4.13. The van der Waals surface area contributed by atoms with Crippen molar-refractivity contribution in [1.29, 1.82) is 0 Å². The van der Waals surface area contributed by atoms with Crippen molar-refractivity contribution in [3.05, 3.63) is 90.3 Å². The summed E-state index contributed by atoms with van der Waals surface area (Å²) < 4.78 is 11.0.